The Labute approximate surface area is 209 Å². The first-order chi connectivity index (χ1) is 16.7. The van der Waals surface area contributed by atoms with Crippen molar-refractivity contribution in [3.8, 4) is 0 Å². The molecular weight excluding hydrogens is 497 g/mol. The zero-order valence-corrected chi connectivity index (χ0v) is 20.5. The fourth-order valence-electron chi connectivity index (χ4n) is 3.66. The van der Waals surface area contributed by atoms with Crippen molar-refractivity contribution in [1.29, 1.82) is 0 Å². The number of imidazole rings is 1. The second-order valence-electron chi connectivity index (χ2n) is 7.97. The van der Waals surface area contributed by atoms with Crippen molar-refractivity contribution in [3.63, 3.8) is 0 Å². The molecule has 2 heterocycles. The summed E-state index contributed by atoms with van der Waals surface area (Å²) in [5, 5.41) is 3.95. The predicted molar refractivity (Wildman–Crippen MR) is 133 cm³/mol. The van der Waals surface area contributed by atoms with Gasteiger partial charge in [0.05, 0.1) is 5.56 Å². The molecule has 4 rings (SSSR count). The Bertz CT molecular complexity index is 1370. The number of thioether (sulfide) groups is 1. The van der Waals surface area contributed by atoms with Crippen LogP contribution in [-0.2, 0) is 16.7 Å². The van der Waals surface area contributed by atoms with Crippen LogP contribution in [0.3, 0.4) is 0 Å². The fourth-order valence-corrected chi connectivity index (χ4v) is 4.83. The smallest absolute Gasteiger partial charge is 0.324 e. The van der Waals surface area contributed by atoms with Crippen LogP contribution in [0.4, 0.5) is 18.9 Å². The van der Waals surface area contributed by atoms with Gasteiger partial charge in [0.1, 0.15) is 11.6 Å². The van der Waals surface area contributed by atoms with E-state index in [0.717, 1.165) is 17.7 Å². The van der Waals surface area contributed by atoms with Crippen LogP contribution in [0, 0.1) is 6.92 Å². The number of hydrogen-bond donors (Lipinski definition) is 1. The number of fused-ring (bicyclic) bond motifs is 1. The van der Waals surface area contributed by atoms with Crippen LogP contribution in [0.25, 0.3) is 11.2 Å². The first-order valence-electron chi connectivity index (χ1n) is 10.9. The van der Waals surface area contributed by atoms with Crippen LogP contribution >= 0.6 is 23.4 Å². The highest BCUT2D eigenvalue weighted by Gasteiger charge is 2.30. The summed E-state index contributed by atoms with van der Waals surface area (Å²) in [5.41, 5.74) is 2.40. The number of aromatic nitrogens is 3. The number of alkyl halides is 3. The lowest BCUT2D eigenvalue weighted by atomic mass is 10.1. The van der Waals surface area contributed by atoms with E-state index in [4.69, 9.17) is 11.6 Å². The number of carbonyl (C=O) groups excluding carboxylic acids is 1. The van der Waals surface area contributed by atoms with Gasteiger partial charge >= 0.3 is 6.18 Å². The molecule has 5 nitrogen and oxygen atoms in total. The molecule has 1 amide bonds. The van der Waals surface area contributed by atoms with Gasteiger partial charge < -0.3 is 5.32 Å². The molecule has 35 heavy (non-hydrogen) atoms. The van der Waals surface area contributed by atoms with Gasteiger partial charge in [-0.25, -0.2) is 9.97 Å². The van der Waals surface area contributed by atoms with Gasteiger partial charge in [-0.2, -0.15) is 13.2 Å². The number of carbonyl (C=O) groups is 1. The summed E-state index contributed by atoms with van der Waals surface area (Å²) in [4.78, 5) is 22.3. The first-order valence-corrected chi connectivity index (χ1v) is 12.2. The molecule has 2 aromatic carbocycles. The van der Waals surface area contributed by atoms with Gasteiger partial charge in [0.25, 0.3) is 0 Å². The van der Waals surface area contributed by atoms with Gasteiger partial charge in [-0.05, 0) is 54.8 Å². The van der Waals surface area contributed by atoms with Crippen LogP contribution in [0.15, 0.2) is 66.0 Å². The van der Waals surface area contributed by atoms with Crippen molar-refractivity contribution in [3.05, 3.63) is 82.5 Å². The summed E-state index contributed by atoms with van der Waals surface area (Å²) < 4.78 is 41.1. The lowest BCUT2D eigenvalue weighted by Crippen LogP contribution is -2.26. The number of aryl methyl sites for hydroxylation is 1. The molecule has 0 aliphatic heterocycles. The lowest BCUT2D eigenvalue weighted by molar-refractivity contribution is -0.137. The Hall–Kier alpha value is -3.04. The topological polar surface area (TPSA) is 59.8 Å². The highest BCUT2D eigenvalue weighted by atomic mass is 35.5. The number of anilines is 1. The molecule has 0 saturated carbocycles. The van der Waals surface area contributed by atoms with E-state index in [9.17, 15) is 18.0 Å². The number of benzene rings is 2. The summed E-state index contributed by atoms with van der Waals surface area (Å²) in [6.45, 7) is 3.75. The molecule has 10 heteroatoms. The van der Waals surface area contributed by atoms with E-state index in [2.05, 4.69) is 15.3 Å². The van der Waals surface area contributed by atoms with Crippen molar-refractivity contribution >= 4 is 46.1 Å². The molecule has 0 bridgehead atoms. The van der Waals surface area contributed by atoms with Crippen LogP contribution < -0.4 is 5.32 Å². The monoisotopic (exact) mass is 518 g/mol. The van der Waals surface area contributed by atoms with Crippen molar-refractivity contribution in [2.24, 2.45) is 0 Å². The Morgan fingerprint density at radius 1 is 1.17 bits per heavy atom. The third kappa shape index (κ3) is 5.62. The molecule has 0 aliphatic carbocycles. The van der Waals surface area contributed by atoms with Crippen LogP contribution in [0.2, 0.25) is 5.02 Å². The maximum atomic E-state index is 13.3. The normalized spacial score (nSPS) is 12.6. The minimum Gasteiger partial charge on any atom is -0.324 e. The van der Waals surface area contributed by atoms with Gasteiger partial charge in [-0.1, -0.05) is 54.6 Å². The molecule has 0 aliphatic rings. The third-order valence-corrected chi connectivity index (χ3v) is 6.91. The second-order valence-corrected chi connectivity index (χ2v) is 9.32. The van der Waals surface area contributed by atoms with E-state index >= 15 is 0 Å². The Morgan fingerprint density at radius 3 is 2.69 bits per heavy atom. The van der Waals surface area contributed by atoms with Gasteiger partial charge in [0, 0.05) is 22.7 Å². The third-order valence-electron chi connectivity index (χ3n) is 5.48. The fraction of sp³-hybridized carbons (Fsp3) is 0.240. The first kappa shape index (κ1) is 25.1. The molecule has 0 radical (unpaired) electrons. The number of halogens is 4. The number of rotatable bonds is 7. The van der Waals surface area contributed by atoms with Crippen molar-refractivity contribution < 1.29 is 18.0 Å². The molecule has 1 N–H and O–H groups in total. The number of nitrogens with one attached hydrogen (secondary N) is 1. The maximum absolute atomic E-state index is 13.3. The molecule has 0 fully saturated rings. The molecular formula is C25H22ClF3N4OS. The SMILES string of the molecule is CCC(C(=O)Nc1ccc(C)c(Cl)c1)n1c(SCc2cccc(C(F)(F)F)c2)nc2cccnc21. The van der Waals surface area contributed by atoms with Crippen molar-refractivity contribution in [1.82, 2.24) is 14.5 Å². The summed E-state index contributed by atoms with van der Waals surface area (Å²) in [6.07, 6.45) is -2.35. The van der Waals surface area contributed by atoms with Crippen LogP contribution in [-0.4, -0.2) is 20.4 Å². The minimum absolute atomic E-state index is 0.249. The van der Waals surface area contributed by atoms with Gasteiger partial charge in [-0.15, -0.1) is 0 Å². The molecule has 4 aromatic rings. The van der Waals surface area contributed by atoms with Crippen LogP contribution in [0.1, 0.15) is 36.1 Å². The summed E-state index contributed by atoms with van der Waals surface area (Å²) in [7, 11) is 0. The van der Waals surface area contributed by atoms with Crippen molar-refractivity contribution in [2.45, 2.75) is 43.4 Å². The minimum atomic E-state index is -4.41. The highest BCUT2D eigenvalue weighted by molar-refractivity contribution is 7.98. The molecule has 1 unspecified atom stereocenters. The zero-order chi connectivity index (χ0) is 25.2. The number of amides is 1. The summed E-state index contributed by atoms with van der Waals surface area (Å²) in [6, 6.07) is 13.4. The molecule has 2 aromatic heterocycles. The zero-order valence-electron chi connectivity index (χ0n) is 18.9. The maximum Gasteiger partial charge on any atom is 0.416 e. The van der Waals surface area contributed by atoms with E-state index in [0.29, 0.717) is 39.0 Å². The average molecular weight is 519 g/mol. The number of pyridine rings is 1. The van der Waals surface area contributed by atoms with E-state index in [1.165, 1.54) is 17.8 Å². The average Bonchev–Trinajstić information content (AvgIpc) is 3.18. The van der Waals surface area contributed by atoms with Gasteiger partial charge in [0.15, 0.2) is 10.8 Å². The molecule has 182 valence electrons. The number of nitrogens with zero attached hydrogens (tertiary/aromatic N) is 3. The van der Waals surface area contributed by atoms with E-state index in [-0.39, 0.29) is 11.7 Å². The van der Waals surface area contributed by atoms with Gasteiger partial charge in [-0.3, -0.25) is 9.36 Å². The van der Waals surface area contributed by atoms with E-state index in [1.807, 2.05) is 19.9 Å². The second kappa shape index (κ2) is 10.3. The molecule has 1 atom stereocenters. The summed E-state index contributed by atoms with van der Waals surface area (Å²) in [5.74, 6) is -0.0166. The van der Waals surface area contributed by atoms with Crippen LogP contribution in [0.5, 0.6) is 0 Å². The molecule has 0 saturated heterocycles. The van der Waals surface area contributed by atoms with E-state index in [1.54, 1.807) is 41.1 Å². The number of hydrogen-bond acceptors (Lipinski definition) is 4. The largest absolute Gasteiger partial charge is 0.416 e. The Morgan fingerprint density at radius 2 is 1.97 bits per heavy atom. The van der Waals surface area contributed by atoms with E-state index < -0.39 is 17.8 Å². The Balaban J connectivity index is 1.64. The highest BCUT2D eigenvalue weighted by Crippen LogP contribution is 2.33. The summed E-state index contributed by atoms with van der Waals surface area (Å²) >= 11 is 7.46. The predicted octanol–water partition coefficient (Wildman–Crippen LogP) is 7.29. The molecule has 0 spiro atoms. The lowest BCUT2D eigenvalue weighted by Gasteiger charge is -2.19. The van der Waals surface area contributed by atoms with Crippen molar-refractivity contribution in [2.75, 3.05) is 5.32 Å². The standard InChI is InChI=1S/C25H22ClF3N4OS/c1-3-21(23(34)31-18-10-9-15(2)19(26)13-18)33-22-20(8-5-11-30-22)32-24(33)35-14-16-6-4-7-17(12-16)25(27,28)29/h4-13,21H,3,14H2,1-2H3,(H,31,34). The quantitative estimate of drug-likeness (QED) is 0.261. The Kier molecular flexibility index (Phi) is 7.37. The van der Waals surface area contributed by atoms with Gasteiger partial charge in [0.2, 0.25) is 5.91 Å².